The van der Waals surface area contributed by atoms with Gasteiger partial charge in [0.15, 0.2) is 5.69 Å². The first-order valence-electron chi connectivity index (χ1n) is 10.7. The SMILES string of the molecule is O=C(N[C@H]1COc2ccc(CC(F)F)cc2C1)c1cc2n(n1)CCC(C1CCCO1)O2. The smallest absolute Gasteiger partial charge is 0.272 e. The predicted octanol–water partition coefficient (Wildman–Crippen LogP) is 2.75. The van der Waals surface area contributed by atoms with Gasteiger partial charge in [-0.3, -0.25) is 4.79 Å². The molecule has 7 nitrogen and oxygen atoms in total. The van der Waals surface area contributed by atoms with Gasteiger partial charge in [-0.1, -0.05) is 12.1 Å². The Bertz CT molecular complexity index is 958. The van der Waals surface area contributed by atoms with Gasteiger partial charge in [0.1, 0.15) is 18.5 Å². The van der Waals surface area contributed by atoms with Gasteiger partial charge < -0.3 is 19.5 Å². The highest BCUT2D eigenvalue weighted by Crippen LogP contribution is 2.29. The molecular formula is C22H25F2N3O4. The number of nitrogens with one attached hydrogen (secondary N) is 1. The number of hydrogen-bond donors (Lipinski definition) is 1. The average molecular weight is 433 g/mol. The van der Waals surface area contributed by atoms with Crippen molar-refractivity contribution in [3.63, 3.8) is 0 Å². The van der Waals surface area contributed by atoms with Gasteiger partial charge in [-0.15, -0.1) is 0 Å². The lowest BCUT2D eigenvalue weighted by Crippen LogP contribution is -2.43. The Hall–Kier alpha value is -2.68. The van der Waals surface area contributed by atoms with Gasteiger partial charge in [-0.25, -0.2) is 13.5 Å². The summed E-state index contributed by atoms with van der Waals surface area (Å²) in [6.45, 7) is 1.77. The van der Waals surface area contributed by atoms with Gasteiger partial charge in [0.05, 0.1) is 12.1 Å². The lowest BCUT2D eigenvalue weighted by Gasteiger charge is -2.28. The summed E-state index contributed by atoms with van der Waals surface area (Å²) in [7, 11) is 0. The fraction of sp³-hybridized carbons (Fsp3) is 0.545. The summed E-state index contributed by atoms with van der Waals surface area (Å²) in [5.41, 5.74) is 1.67. The van der Waals surface area contributed by atoms with Gasteiger partial charge in [-0.2, -0.15) is 5.10 Å². The number of carbonyl (C=O) groups is 1. The van der Waals surface area contributed by atoms with Crippen molar-refractivity contribution in [3.05, 3.63) is 41.1 Å². The van der Waals surface area contributed by atoms with Crippen molar-refractivity contribution >= 4 is 5.91 Å². The van der Waals surface area contributed by atoms with Crippen LogP contribution >= 0.6 is 0 Å². The lowest BCUT2D eigenvalue weighted by atomic mass is 9.99. The van der Waals surface area contributed by atoms with Gasteiger partial charge in [0.25, 0.3) is 5.91 Å². The number of aromatic nitrogens is 2. The molecule has 0 radical (unpaired) electrons. The first-order chi connectivity index (χ1) is 15.0. The number of fused-ring (bicyclic) bond motifs is 2. The number of halogens is 2. The Morgan fingerprint density at radius 3 is 2.97 bits per heavy atom. The van der Waals surface area contributed by atoms with Crippen molar-refractivity contribution in [1.82, 2.24) is 15.1 Å². The summed E-state index contributed by atoms with van der Waals surface area (Å²) in [6.07, 6.45) is 0.771. The molecule has 3 aliphatic heterocycles. The Balaban J connectivity index is 1.22. The monoisotopic (exact) mass is 433 g/mol. The standard InChI is InChI=1S/C22H25F2N3O4/c23-20(24)9-13-3-4-17-14(8-13)10-15(12-30-17)25-22(28)16-11-21-27(26-16)6-5-19(31-21)18-2-1-7-29-18/h3-4,8,11,15,18-20H,1-2,5-7,9-10,12H2,(H,25,28)/t15-,18?,19?/m1/s1. The lowest BCUT2D eigenvalue weighted by molar-refractivity contribution is -0.00966. The molecule has 1 saturated heterocycles. The molecule has 1 aromatic carbocycles. The molecule has 5 rings (SSSR count). The highest BCUT2D eigenvalue weighted by molar-refractivity contribution is 5.92. The zero-order chi connectivity index (χ0) is 21.4. The van der Waals surface area contributed by atoms with Gasteiger partial charge in [-0.05, 0) is 36.5 Å². The van der Waals surface area contributed by atoms with Gasteiger partial charge in [0.2, 0.25) is 12.3 Å². The number of rotatable bonds is 5. The van der Waals surface area contributed by atoms with Gasteiger partial charge >= 0.3 is 0 Å². The number of benzene rings is 1. The van der Waals surface area contributed by atoms with Crippen LogP contribution in [0.1, 0.15) is 40.9 Å². The van der Waals surface area contributed by atoms with E-state index in [4.69, 9.17) is 14.2 Å². The normalized spacial score (nSPS) is 24.8. The van der Waals surface area contributed by atoms with E-state index >= 15 is 0 Å². The topological polar surface area (TPSA) is 74.6 Å². The third-order valence-corrected chi connectivity index (χ3v) is 6.01. The Morgan fingerprint density at radius 1 is 1.26 bits per heavy atom. The van der Waals surface area contributed by atoms with Crippen molar-refractivity contribution in [2.75, 3.05) is 13.2 Å². The summed E-state index contributed by atoms with van der Waals surface area (Å²) in [6, 6.07) is 6.50. The zero-order valence-electron chi connectivity index (χ0n) is 17.1. The maximum Gasteiger partial charge on any atom is 0.272 e. The molecule has 0 bridgehead atoms. The second-order valence-electron chi connectivity index (χ2n) is 8.31. The minimum atomic E-state index is -2.40. The van der Waals surface area contributed by atoms with Gasteiger partial charge in [0, 0.05) is 32.1 Å². The summed E-state index contributed by atoms with van der Waals surface area (Å²) < 4.78 is 44.6. The number of hydrogen-bond acceptors (Lipinski definition) is 5. The van der Waals surface area contributed by atoms with Crippen LogP contribution in [0.2, 0.25) is 0 Å². The molecule has 3 aliphatic rings. The molecule has 0 saturated carbocycles. The minimum Gasteiger partial charge on any atom is -0.491 e. The van der Waals surface area contributed by atoms with Crippen LogP contribution in [0.4, 0.5) is 8.78 Å². The number of ether oxygens (including phenoxy) is 3. The molecule has 0 spiro atoms. The van der Waals surface area contributed by atoms with E-state index in [1.54, 1.807) is 28.9 Å². The molecule has 1 aromatic heterocycles. The highest BCUT2D eigenvalue weighted by Gasteiger charge is 2.32. The molecule has 2 aromatic rings. The summed E-state index contributed by atoms with van der Waals surface area (Å²) in [5, 5.41) is 7.33. The van der Waals surface area contributed by atoms with Crippen molar-refractivity contribution in [1.29, 1.82) is 0 Å². The van der Waals surface area contributed by atoms with Crippen LogP contribution in [0.3, 0.4) is 0 Å². The molecule has 1 N–H and O–H groups in total. The summed E-state index contributed by atoms with van der Waals surface area (Å²) in [4.78, 5) is 12.8. The van der Waals surface area contributed by atoms with Crippen molar-refractivity contribution in [2.24, 2.45) is 0 Å². The van der Waals surface area contributed by atoms with E-state index in [9.17, 15) is 13.6 Å². The Labute approximate surface area is 178 Å². The van der Waals surface area contributed by atoms with E-state index < -0.39 is 6.43 Å². The molecule has 4 heterocycles. The molecule has 166 valence electrons. The summed E-state index contributed by atoms with van der Waals surface area (Å²) >= 11 is 0. The molecule has 1 fully saturated rings. The van der Waals surface area contributed by atoms with E-state index in [0.29, 0.717) is 42.5 Å². The number of aryl methyl sites for hydroxylation is 1. The average Bonchev–Trinajstić information content (AvgIpc) is 3.42. The predicted molar refractivity (Wildman–Crippen MR) is 107 cm³/mol. The van der Waals surface area contributed by atoms with Crippen LogP contribution < -0.4 is 14.8 Å². The van der Waals surface area contributed by atoms with E-state index in [0.717, 1.165) is 31.4 Å². The van der Waals surface area contributed by atoms with Crippen molar-refractivity contribution in [2.45, 2.75) is 63.3 Å². The molecule has 9 heteroatoms. The largest absolute Gasteiger partial charge is 0.491 e. The maximum atomic E-state index is 12.8. The van der Waals surface area contributed by atoms with Crippen LogP contribution in [0.5, 0.6) is 11.6 Å². The third-order valence-electron chi connectivity index (χ3n) is 6.01. The molecule has 0 aliphatic carbocycles. The van der Waals surface area contributed by atoms with Crippen LogP contribution in [0.25, 0.3) is 0 Å². The quantitative estimate of drug-likeness (QED) is 0.785. The second kappa shape index (κ2) is 8.45. The van der Waals surface area contributed by atoms with E-state index in [2.05, 4.69) is 10.4 Å². The highest BCUT2D eigenvalue weighted by atomic mass is 19.3. The Morgan fingerprint density at radius 2 is 2.16 bits per heavy atom. The fourth-order valence-corrected chi connectivity index (χ4v) is 4.49. The van der Waals surface area contributed by atoms with E-state index in [1.165, 1.54) is 0 Å². The number of nitrogens with zero attached hydrogens (tertiary/aromatic N) is 2. The van der Waals surface area contributed by atoms with Crippen molar-refractivity contribution < 1.29 is 27.8 Å². The number of alkyl halides is 2. The first-order valence-corrected chi connectivity index (χ1v) is 10.7. The number of amides is 1. The third kappa shape index (κ3) is 4.37. The molecule has 31 heavy (non-hydrogen) atoms. The van der Waals surface area contributed by atoms with Crippen LogP contribution in [-0.4, -0.2) is 53.6 Å². The maximum absolute atomic E-state index is 12.8. The van der Waals surface area contributed by atoms with Crippen LogP contribution in [0.15, 0.2) is 24.3 Å². The first kappa shape index (κ1) is 20.2. The molecule has 3 atom stereocenters. The second-order valence-corrected chi connectivity index (χ2v) is 8.31. The van der Waals surface area contributed by atoms with E-state index in [-0.39, 0.29) is 30.6 Å². The molecule has 2 unspecified atom stereocenters. The zero-order valence-corrected chi connectivity index (χ0v) is 17.1. The summed E-state index contributed by atoms with van der Waals surface area (Å²) in [5.74, 6) is 0.952. The van der Waals surface area contributed by atoms with Crippen molar-refractivity contribution in [3.8, 4) is 11.6 Å². The fourth-order valence-electron chi connectivity index (χ4n) is 4.49. The minimum absolute atomic E-state index is 0.00621. The Kier molecular flexibility index (Phi) is 5.52. The van der Waals surface area contributed by atoms with Crippen LogP contribution in [-0.2, 0) is 24.1 Å². The molecular weight excluding hydrogens is 408 g/mol. The number of carbonyl (C=O) groups excluding carboxylic acids is 1. The van der Waals surface area contributed by atoms with E-state index in [1.807, 2.05) is 0 Å². The van der Waals surface area contributed by atoms with Crippen LogP contribution in [0, 0.1) is 0 Å². The molecule has 1 amide bonds.